The van der Waals surface area contributed by atoms with Crippen molar-refractivity contribution in [2.24, 2.45) is 0 Å². The maximum Gasteiger partial charge on any atom is 0.110 e. The molecule has 0 fully saturated rings. The van der Waals surface area contributed by atoms with Gasteiger partial charge in [0.15, 0.2) is 0 Å². The molecular weight excluding hydrogens is 273 g/mol. The van der Waals surface area contributed by atoms with Crippen LogP contribution in [-0.4, -0.2) is 4.99 Å². The minimum absolute atomic E-state index is 0.507. The number of thiocarbonyl (C=S) groups is 1. The molecule has 0 aliphatic rings. The molecule has 2 aromatic carbocycles. The Bertz CT molecular complexity index is 540. The van der Waals surface area contributed by atoms with Crippen molar-refractivity contribution in [1.82, 2.24) is 0 Å². The Hall–Kier alpha value is -1.09. The lowest BCUT2D eigenvalue weighted by atomic mass is 10.2. The maximum absolute atomic E-state index is 5.93. The number of hydrogen-bond acceptors (Lipinski definition) is 1. The van der Waals surface area contributed by atoms with Crippen molar-refractivity contribution in [3.8, 4) is 0 Å². The van der Waals surface area contributed by atoms with Crippen LogP contribution in [0.2, 0.25) is 10.0 Å². The maximum atomic E-state index is 5.93. The highest BCUT2D eigenvalue weighted by atomic mass is 35.5. The Labute approximate surface area is 115 Å². The van der Waals surface area contributed by atoms with E-state index in [-0.39, 0.29) is 0 Å². The van der Waals surface area contributed by atoms with E-state index in [1.165, 1.54) is 0 Å². The van der Waals surface area contributed by atoms with Crippen LogP contribution in [-0.2, 0) is 0 Å². The van der Waals surface area contributed by atoms with Crippen molar-refractivity contribution in [3.63, 3.8) is 0 Å². The second-order valence-electron chi connectivity index (χ2n) is 3.45. The predicted molar refractivity (Wildman–Crippen MR) is 78.2 cm³/mol. The number of nitrogens with one attached hydrogen (secondary N) is 1. The third-order valence-corrected chi connectivity index (χ3v) is 3.29. The zero-order valence-corrected chi connectivity index (χ0v) is 11.1. The summed E-state index contributed by atoms with van der Waals surface area (Å²) in [6.07, 6.45) is 0. The van der Waals surface area contributed by atoms with Gasteiger partial charge in [-0.25, -0.2) is 0 Å². The Balaban J connectivity index is 2.16. The number of rotatable bonds is 2. The van der Waals surface area contributed by atoms with E-state index in [0.29, 0.717) is 15.0 Å². The highest BCUT2D eigenvalue weighted by molar-refractivity contribution is 7.81. The van der Waals surface area contributed by atoms with Gasteiger partial charge in [0.25, 0.3) is 0 Å². The van der Waals surface area contributed by atoms with Crippen LogP contribution in [0, 0.1) is 0 Å². The third kappa shape index (κ3) is 3.19. The van der Waals surface area contributed by atoms with Crippen LogP contribution in [0.3, 0.4) is 0 Å². The van der Waals surface area contributed by atoms with Crippen LogP contribution in [0.25, 0.3) is 0 Å². The second kappa shape index (κ2) is 5.50. The average Bonchev–Trinajstić information content (AvgIpc) is 2.35. The molecule has 0 aliphatic heterocycles. The van der Waals surface area contributed by atoms with Gasteiger partial charge in [0.2, 0.25) is 0 Å². The average molecular weight is 282 g/mol. The van der Waals surface area contributed by atoms with Crippen molar-refractivity contribution < 1.29 is 0 Å². The van der Waals surface area contributed by atoms with Crippen LogP contribution in [0.15, 0.2) is 48.5 Å². The first kappa shape index (κ1) is 12.4. The van der Waals surface area contributed by atoms with Crippen LogP contribution >= 0.6 is 35.4 Å². The zero-order chi connectivity index (χ0) is 12.3. The molecule has 0 unspecified atom stereocenters. The zero-order valence-electron chi connectivity index (χ0n) is 8.78. The van der Waals surface area contributed by atoms with Crippen molar-refractivity contribution >= 4 is 46.1 Å². The smallest absolute Gasteiger partial charge is 0.110 e. The molecular formula is C13H9Cl2NS. The summed E-state index contributed by atoms with van der Waals surface area (Å²) in [5.74, 6) is 0. The monoisotopic (exact) mass is 281 g/mol. The molecule has 0 bridgehead atoms. The first-order valence-corrected chi connectivity index (χ1v) is 6.14. The van der Waals surface area contributed by atoms with Gasteiger partial charge in [-0.15, -0.1) is 0 Å². The van der Waals surface area contributed by atoms with Crippen molar-refractivity contribution in [1.29, 1.82) is 0 Å². The van der Waals surface area contributed by atoms with Gasteiger partial charge in [0, 0.05) is 11.3 Å². The minimum Gasteiger partial charge on any atom is -0.346 e. The summed E-state index contributed by atoms with van der Waals surface area (Å²) >= 11 is 17.1. The van der Waals surface area contributed by atoms with E-state index in [1.807, 2.05) is 36.4 Å². The van der Waals surface area contributed by atoms with Gasteiger partial charge >= 0.3 is 0 Å². The molecule has 2 rings (SSSR count). The third-order valence-electron chi connectivity index (χ3n) is 2.21. The van der Waals surface area contributed by atoms with E-state index in [1.54, 1.807) is 12.1 Å². The number of halogens is 2. The standard InChI is InChI=1S/C13H9Cl2NS/c14-11-7-6-10(8-12(11)15)16-13(17)9-4-2-1-3-5-9/h1-8H,(H,16,17). The lowest BCUT2D eigenvalue weighted by Gasteiger charge is -2.08. The van der Waals surface area contributed by atoms with Crippen molar-refractivity contribution in [3.05, 3.63) is 64.1 Å². The molecule has 0 spiro atoms. The summed E-state index contributed by atoms with van der Waals surface area (Å²) < 4.78 is 0. The normalized spacial score (nSPS) is 10.0. The molecule has 0 radical (unpaired) electrons. The summed E-state index contributed by atoms with van der Waals surface area (Å²) in [6, 6.07) is 15.1. The lowest BCUT2D eigenvalue weighted by molar-refractivity contribution is 1.61. The molecule has 17 heavy (non-hydrogen) atoms. The molecule has 0 saturated heterocycles. The fourth-order valence-corrected chi connectivity index (χ4v) is 1.92. The molecule has 0 amide bonds. The number of hydrogen-bond donors (Lipinski definition) is 1. The Morgan fingerprint density at radius 1 is 0.941 bits per heavy atom. The topological polar surface area (TPSA) is 12.0 Å². The fourth-order valence-electron chi connectivity index (χ4n) is 1.37. The molecule has 4 heteroatoms. The van der Waals surface area contributed by atoms with Gasteiger partial charge in [-0.05, 0) is 18.2 Å². The minimum atomic E-state index is 0.507. The predicted octanol–water partition coefficient (Wildman–Crippen LogP) is 4.78. The summed E-state index contributed by atoms with van der Waals surface area (Å²) in [5.41, 5.74) is 1.79. The largest absolute Gasteiger partial charge is 0.346 e. The molecule has 0 atom stereocenters. The summed E-state index contributed by atoms with van der Waals surface area (Å²) in [7, 11) is 0. The van der Waals surface area contributed by atoms with Crippen LogP contribution in [0.5, 0.6) is 0 Å². The molecule has 0 aliphatic carbocycles. The van der Waals surface area contributed by atoms with Gasteiger partial charge < -0.3 is 5.32 Å². The summed E-state index contributed by atoms with van der Waals surface area (Å²) in [5, 5.41) is 4.15. The molecule has 86 valence electrons. The second-order valence-corrected chi connectivity index (χ2v) is 4.67. The molecule has 0 saturated carbocycles. The lowest BCUT2D eigenvalue weighted by Crippen LogP contribution is -2.10. The molecule has 0 aromatic heterocycles. The van der Waals surface area contributed by atoms with E-state index in [2.05, 4.69) is 5.32 Å². The van der Waals surface area contributed by atoms with Crippen molar-refractivity contribution in [2.75, 3.05) is 5.32 Å². The van der Waals surface area contributed by atoms with E-state index >= 15 is 0 Å². The first-order chi connectivity index (χ1) is 8.16. The van der Waals surface area contributed by atoms with Gasteiger partial charge in [0.05, 0.1) is 10.0 Å². The van der Waals surface area contributed by atoms with Crippen LogP contribution in [0.1, 0.15) is 5.56 Å². The van der Waals surface area contributed by atoms with Gasteiger partial charge in [-0.1, -0.05) is 65.8 Å². The van der Waals surface area contributed by atoms with Crippen LogP contribution < -0.4 is 5.32 Å². The van der Waals surface area contributed by atoms with E-state index < -0.39 is 0 Å². The van der Waals surface area contributed by atoms with Gasteiger partial charge in [-0.3, -0.25) is 0 Å². The Morgan fingerprint density at radius 3 is 2.29 bits per heavy atom. The van der Waals surface area contributed by atoms with Crippen LogP contribution in [0.4, 0.5) is 5.69 Å². The van der Waals surface area contributed by atoms with E-state index in [4.69, 9.17) is 35.4 Å². The summed E-state index contributed by atoms with van der Waals surface area (Å²) in [6.45, 7) is 0. The number of benzene rings is 2. The highest BCUT2D eigenvalue weighted by Gasteiger charge is 2.03. The molecule has 1 N–H and O–H groups in total. The summed E-state index contributed by atoms with van der Waals surface area (Å²) in [4.78, 5) is 0.656. The Kier molecular flexibility index (Phi) is 4.00. The SMILES string of the molecule is S=C(Nc1ccc(Cl)c(Cl)c1)c1ccccc1. The fraction of sp³-hybridized carbons (Fsp3) is 0. The van der Waals surface area contributed by atoms with E-state index in [9.17, 15) is 0 Å². The Morgan fingerprint density at radius 2 is 1.65 bits per heavy atom. The molecule has 0 heterocycles. The molecule has 1 nitrogen and oxygen atoms in total. The quantitative estimate of drug-likeness (QED) is 0.795. The molecule has 2 aromatic rings. The highest BCUT2D eigenvalue weighted by Crippen LogP contribution is 2.25. The van der Waals surface area contributed by atoms with Crippen molar-refractivity contribution in [2.45, 2.75) is 0 Å². The number of anilines is 1. The van der Waals surface area contributed by atoms with Gasteiger partial charge in [0.1, 0.15) is 4.99 Å². The van der Waals surface area contributed by atoms with E-state index in [0.717, 1.165) is 11.3 Å². The van der Waals surface area contributed by atoms with Gasteiger partial charge in [-0.2, -0.15) is 0 Å². The first-order valence-electron chi connectivity index (χ1n) is 4.98.